The lowest BCUT2D eigenvalue weighted by Gasteiger charge is -2.15. The molecule has 0 aliphatic carbocycles. The first-order valence-electron chi connectivity index (χ1n) is 5.56. The van der Waals surface area contributed by atoms with E-state index in [0.29, 0.717) is 5.92 Å². The highest BCUT2D eigenvalue weighted by Gasteiger charge is 2.27. The molecular weight excluding hydrogens is 222 g/mol. The highest BCUT2D eigenvalue weighted by molar-refractivity contribution is 7.11. The second kappa shape index (κ2) is 4.93. The summed E-state index contributed by atoms with van der Waals surface area (Å²) in [5, 5.41) is 3.17. The Kier molecular flexibility index (Phi) is 3.56. The van der Waals surface area contributed by atoms with Crippen molar-refractivity contribution < 1.29 is 4.79 Å². The van der Waals surface area contributed by atoms with Crippen LogP contribution in [0.1, 0.15) is 21.8 Å². The topological polar surface area (TPSA) is 45.2 Å². The maximum atomic E-state index is 12.2. The van der Waals surface area contributed by atoms with E-state index in [4.69, 9.17) is 0 Å². The average Bonchev–Trinajstić information content (AvgIpc) is 2.87. The molecule has 16 heavy (non-hydrogen) atoms. The molecule has 1 aromatic heterocycles. The number of rotatable bonds is 3. The van der Waals surface area contributed by atoms with Crippen LogP contribution < -0.4 is 5.32 Å². The van der Waals surface area contributed by atoms with Crippen molar-refractivity contribution >= 4 is 17.2 Å². The monoisotopic (exact) mass is 239 g/mol. The normalized spacial score (nSPS) is 20.4. The molecule has 1 fully saturated rings. The van der Waals surface area contributed by atoms with E-state index in [0.717, 1.165) is 36.6 Å². The minimum atomic E-state index is 0.151. The molecule has 0 spiro atoms. The number of thiazole rings is 1. The van der Waals surface area contributed by atoms with Gasteiger partial charge in [-0.05, 0) is 32.9 Å². The molecular formula is C11H17N3OS. The summed E-state index contributed by atoms with van der Waals surface area (Å²) in [6.45, 7) is 4.63. The standard InChI is InChI=1S/C11H17N3OS/c1-8-10(16-7-13-8)11(15)14-4-3-9(6-14)5-12-2/h7,9,12H,3-6H2,1-2H3. The van der Waals surface area contributed by atoms with Crippen LogP contribution in [0.5, 0.6) is 0 Å². The van der Waals surface area contributed by atoms with Crippen molar-refractivity contribution in [1.82, 2.24) is 15.2 Å². The third kappa shape index (κ3) is 2.25. The molecule has 1 aliphatic heterocycles. The van der Waals surface area contributed by atoms with Gasteiger partial charge in [0.15, 0.2) is 0 Å². The number of hydrogen-bond acceptors (Lipinski definition) is 4. The highest BCUT2D eigenvalue weighted by Crippen LogP contribution is 2.21. The predicted octanol–water partition coefficient (Wildman–Crippen LogP) is 1.13. The van der Waals surface area contributed by atoms with E-state index in [1.165, 1.54) is 11.3 Å². The van der Waals surface area contributed by atoms with Crippen LogP contribution in [0.3, 0.4) is 0 Å². The Bertz CT molecular complexity index is 377. The van der Waals surface area contributed by atoms with E-state index in [-0.39, 0.29) is 5.91 Å². The fourth-order valence-electron chi connectivity index (χ4n) is 2.12. The van der Waals surface area contributed by atoms with Gasteiger partial charge < -0.3 is 10.2 Å². The summed E-state index contributed by atoms with van der Waals surface area (Å²) >= 11 is 1.44. The van der Waals surface area contributed by atoms with Gasteiger partial charge in [-0.2, -0.15) is 0 Å². The lowest BCUT2D eigenvalue weighted by atomic mass is 10.1. The van der Waals surface area contributed by atoms with Crippen LogP contribution in [-0.4, -0.2) is 42.5 Å². The van der Waals surface area contributed by atoms with Crippen molar-refractivity contribution in [3.63, 3.8) is 0 Å². The molecule has 4 nitrogen and oxygen atoms in total. The summed E-state index contributed by atoms with van der Waals surface area (Å²) in [7, 11) is 1.96. The minimum absolute atomic E-state index is 0.151. The zero-order chi connectivity index (χ0) is 11.5. The first-order valence-corrected chi connectivity index (χ1v) is 6.44. The molecule has 1 atom stereocenters. The summed E-state index contributed by atoms with van der Waals surface area (Å²) in [6, 6.07) is 0. The number of hydrogen-bond donors (Lipinski definition) is 1. The van der Waals surface area contributed by atoms with Gasteiger partial charge in [-0.25, -0.2) is 4.98 Å². The summed E-state index contributed by atoms with van der Waals surface area (Å²) in [5.41, 5.74) is 2.59. The van der Waals surface area contributed by atoms with Crippen molar-refractivity contribution in [3.05, 3.63) is 16.1 Å². The summed E-state index contributed by atoms with van der Waals surface area (Å²) in [4.78, 5) is 19.0. The van der Waals surface area contributed by atoms with Crippen LogP contribution in [0.4, 0.5) is 0 Å². The SMILES string of the molecule is CNCC1CCN(C(=O)c2scnc2C)C1. The van der Waals surface area contributed by atoms with Crippen LogP contribution >= 0.6 is 11.3 Å². The zero-order valence-corrected chi connectivity index (χ0v) is 10.5. The lowest BCUT2D eigenvalue weighted by Crippen LogP contribution is -2.30. The van der Waals surface area contributed by atoms with Gasteiger partial charge >= 0.3 is 0 Å². The van der Waals surface area contributed by atoms with Gasteiger partial charge in [0.1, 0.15) is 4.88 Å². The Balaban J connectivity index is 2.00. The van der Waals surface area contributed by atoms with Crippen LogP contribution in [-0.2, 0) is 0 Å². The number of aryl methyl sites for hydroxylation is 1. The molecule has 1 saturated heterocycles. The van der Waals surface area contributed by atoms with Gasteiger partial charge in [0, 0.05) is 13.1 Å². The van der Waals surface area contributed by atoms with E-state index in [1.54, 1.807) is 5.51 Å². The number of amides is 1. The summed E-state index contributed by atoms with van der Waals surface area (Å²) in [6.07, 6.45) is 1.10. The molecule has 1 unspecified atom stereocenters. The summed E-state index contributed by atoms with van der Waals surface area (Å²) < 4.78 is 0. The highest BCUT2D eigenvalue weighted by atomic mass is 32.1. The molecule has 1 amide bonds. The second-order valence-corrected chi connectivity index (χ2v) is 5.09. The van der Waals surface area contributed by atoms with Crippen molar-refractivity contribution in [2.45, 2.75) is 13.3 Å². The fraction of sp³-hybridized carbons (Fsp3) is 0.636. The van der Waals surface area contributed by atoms with Crippen molar-refractivity contribution in [2.75, 3.05) is 26.7 Å². The Morgan fingerprint density at radius 3 is 3.19 bits per heavy atom. The maximum Gasteiger partial charge on any atom is 0.265 e. The van der Waals surface area contributed by atoms with Gasteiger partial charge in [-0.1, -0.05) is 0 Å². The molecule has 1 aliphatic rings. The van der Waals surface area contributed by atoms with Crippen LogP contribution in [0.15, 0.2) is 5.51 Å². The second-order valence-electron chi connectivity index (χ2n) is 4.23. The number of nitrogens with one attached hydrogen (secondary N) is 1. The first-order chi connectivity index (χ1) is 7.72. The molecule has 2 rings (SSSR count). The van der Waals surface area contributed by atoms with Gasteiger partial charge in [0.2, 0.25) is 0 Å². The lowest BCUT2D eigenvalue weighted by molar-refractivity contribution is 0.0791. The third-order valence-electron chi connectivity index (χ3n) is 3.01. The van der Waals surface area contributed by atoms with Crippen LogP contribution in [0, 0.1) is 12.8 Å². The molecule has 2 heterocycles. The number of aromatic nitrogens is 1. The van der Waals surface area contributed by atoms with E-state index in [9.17, 15) is 4.79 Å². The Hall–Kier alpha value is -0.940. The van der Waals surface area contributed by atoms with Gasteiger partial charge in [0.25, 0.3) is 5.91 Å². The fourth-order valence-corrected chi connectivity index (χ4v) is 2.89. The minimum Gasteiger partial charge on any atom is -0.338 e. The van der Waals surface area contributed by atoms with Crippen LogP contribution in [0.2, 0.25) is 0 Å². The van der Waals surface area contributed by atoms with E-state index >= 15 is 0 Å². The molecule has 88 valence electrons. The van der Waals surface area contributed by atoms with Gasteiger partial charge in [0.05, 0.1) is 11.2 Å². The molecule has 0 saturated carbocycles. The molecule has 1 N–H and O–H groups in total. The summed E-state index contributed by atoms with van der Waals surface area (Å²) in [5.74, 6) is 0.751. The average molecular weight is 239 g/mol. The molecule has 1 aromatic rings. The Morgan fingerprint density at radius 1 is 1.75 bits per heavy atom. The Morgan fingerprint density at radius 2 is 2.56 bits per heavy atom. The maximum absolute atomic E-state index is 12.2. The number of likely N-dealkylation sites (tertiary alicyclic amines) is 1. The van der Waals surface area contributed by atoms with E-state index in [2.05, 4.69) is 10.3 Å². The molecule has 0 aromatic carbocycles. The predicted molar refractivity (Wildman–Crippen MR) is 64.8 cm³/mol. The van der Waals surface area contributed by atoms with Crippen LogP contribution in [0.25, 0.3) is 0 Å². The van der Waals surface area contributed by atoms with Crippen molar-refractivity contribution in [2.24, 2.45) is 5.92 Å². The zero-order valence-electron chi connectivity index (χ0n) is 9.69. The quantitative estimate of drug-likeness (QED) is 0.860. The van der Waals surface area contributed by atoms with E-state index < -0.39 is 0 Å². The number of carbonyl (C=O) groups is 1. The molecule has 0 radical (unpaired) electrons. The van der Waals surface area contributed by atoms with Crippen molar-refractivity contribution in [1.29, 1.82) is 0 Å². The third-order valence-corrected chi connectivity index (χ3v) is 3.92. The van der Waals surface area contributed by atoms with Gasteiger partial charge in [-0.3, -0.25) is 4.79 Å². The first kappa shape index (κ1) is 11.5. The van der Waals surface area contributed by atoms with Gasteiger partial charge in [-0.15, -0.1) is 11.3 Å². The Labute approximate surface area is 99.7 Å². The van der Waals surface area contributed by atoms with E-state index in [1.807, 2.05) is 18.9 Å². The number of nitrogens with zero attached hydrogens (tertiary/aromatic N) is 2. The largest absolute Gasteiger partial charge is 0.338 e. The smallest absolute Gasteiger partial charge is 0.265 e. The molecule has 5 heteroatoms. The molecule has 0 bridgehead atoms. The number of carbonyl (C=O) groups excluding carboxylic acids is 1. The van der Waals surface area contributed by atoms with Crippen molar-refractivity contribution in [3.8, 4) is 0 Å².